The summed E-state index contributed by atoms with van der Waals surface area (Å²) in [6.07, 6.45) is 2.75. The second-order valence-corrected chi connectivity index (χ2v) is 6.56. The van der Waals surface area contributed by atoms with E-state index >= 15 is 0 Å². The Balaban J connectivity index is 1.66. The lowest BCUT2D eigenvalue weighted by atomic mass is 9.94. The number of thiazole rings is 1. The van der Waals surface area contributed by atoms with Gasteiger partial charge in [0.2, 0.25) is 0 Å². The summed E-state index contributed by atoms with van der Waals surface area (Å²) < 4.78 is 5.63. The lowest BCUT2D eigenvalue weighted by Gasteiger charge is -2.07. The summed E-state index contributed by atoms with van der Waals surface area (Å²) in [5.41, 5.74) is 2.27. The van der Waals surface area contributed by atoms with Crippen LogP contribution in [0.2, 0.25) is 0 Å². The van der Waals surface area contributed by atoms with Crippen LogP contribution in [-0.2, 0) is 12.8 Å². The third-order valence-corrected chi connectivity index (χ3v) is 4.67. The van der Waals surface area contributed by atoms with Crippen molar-refractivity contribution in [2.45, 2.75) is 39.5 Å². The molecule has 2 aromatic heterocycles. The Hall–Kier alpha value is -1.95. The van der Waals surface area contributed by atoms with Crippen molar-refractivity contribution in [1.82, 2.24) is 10.3 Å². The number of nitrogens with one attached hydrogen (secondary N) is 1. The summed E-state index contributed by atoms with van der Waals surface area (Å²) in [4.78, 5) is 28.6. The van der Waals surface area contributed by atoms with Gasteiger partial charge in [-0.1, -0.05) is 0 Å². The van der Waals surface area contributed by atoms with Gasteiger partial charge in [-0.05, 0) is 20.3 Å². The summed E-state index contributed by atoms with van der Waals surface area (Å²) in [7, 11) is 0. The van der Waals surface area contributed by atoms with Crippen molar-refractivity contribution >= 4 is 23.0 Å². The summed E-state index contributed by atoms with van der Waals surface area (Å²) in [5, 5.41) is 5.86. The monoisotopic (exact) mass is 318 g/mol. The van der Waals surface area contributed by atoms with Crippen LogP contribution in [0.15, 0.2) is 9.80 Å². The molecule has 116 valence electrons. The Labute approximate surface area is 132 Å². The molecule has 0 atom stereocenters. The molecule has 22 heavy (non-hydrogen) atoms. The molecule has 1 aliphatic carbocycles. The van der Waals surface area contributed by atoms with Gasteiger partial charge in [-0.3, -0.25) is 9.59 Å². The number of amides is 1. The highest BCUT2D eigenvalue weighted by Crippen LogP contribution is 2.29. The van der Waals surface area contributed by atoms with E-state index < -0.39 is 0 Å². The second kappa shape index (κ2) is 6.04. The van der Waals surface area contributed by atoms with Crippen LogP contribution in [0.3, 0.4) is 0 Å². The second-order valence-electron chi connectivity index (χ2n) is 5.49. The van der Waals surface area contributed by atoms with Crippen molar-refractivity contribution < 1.29 is 14.0 Å². The Morgan fingerprint density at radius 1 is 1.41 bits per heavy atom. The molecular weight excluding hydrogens is 300 g/mol. The number of hydrogen-bond donors (Lipinski definition) is 1. The molecule has 3 rings (SSSR count). The Kier molecular flexibility index (Phi) is 4.11. The molecule has 0 radical (unpaired) electrons. The van der Waals surface area contributed by atoms with Crippen molar-refractivity contribution in [2.75, 3.05) is 6.54 Å². The van der Waals surface area contributed by atoms with Crippen LogP contribution in [-0.4, -0.2) is 23.2 Å². The van der Waals surface area contributed by atoms with E-state index in [1.165, 1.54) is 0 Å². The smallest absolute Gasteiger partial charge is 0.287 e. The standard InChI is InChI=1S/C16H18N2O3S/c1-9-14-12(19)4-3-5-13(14)21-15(9)16(20)17-7-6-11-8-22-10(2)18-11/h8H,3-7H2,1-2H3,(H,17,20). The van der Waals surface area contributed by atoms with Gasteiger partial charge in [0.1, 0.15) is 5.76 Å². The number of aromatic nitrogens is 1. The molecule has 6 heteroatoms. The van der Waals surface area contributed by atoms with Crippen LogP contribution in [0.25, 0.3) is 0 Å². The average Bonchev–Trinajstić information content (AvgIpc) is 3.04. The molecule has 0 saturated heterocycles. The topological polar surface area (TPSA) is 72.2 Å². The van der Waals surface area contributed by atoms with E-state index in [-0.39, 0.29) is 17.5 Å². The minimum Gasteiger partial charge on any atom is -0.455 e. The molecule has 0 aliphatic heterocycles. The predicted molar refractivity (Wildman–Crippen MR) is 83.6 cm³/mol. The van der Waals surface area contributed by atoms with Gasteiger partial charge in [0.25, 0.3) is 5.91 Å². The molecule has 2 aromatic rings. The first-order chi connectivity index (χ1) is 10.6. The molecule has 0 spiro atoms. The number of carbonyl (C=O) groups excluding carboxylic acids is 2. The number of hydrogen-bond acceptors (Lipinski definition) is 5. The molecule has 5 nitrogen and oxygen atoms in total. The molecule has 0 aromatic carbocycles. The lowest BCUT2D eigenvalue weighted by molar-refractivity contribution is 0.0920. The van der Waals surface area contributed by atoms with Gasteiger partial charge in [-0.25, -0.2) is 4.98 Å². The van der Waals surface area contributed by atoms with Gasteiger partial charge < -0.3 is 9.73 Å². The number of rotatable bonds is 4. The lowest BCUT2D eigenvalue weighted by Crippen LogP contribution is -2.26. The van der Waals surface area contributed by atoms with Crippen molar-refractivity contribution in [2.24, 2.45) is 0 Å². The minimum absolute atomic E-state index is 0.0829. The van der Waals surface area contributed by atoms with Gasteiger partial charge in [-0.15, -0.1) is 11.3 Å². The zero-order valence-corrected chi connectivity index (χ0v) is 13.5. The van der Waals surface area contributed by atoms with Crippen molar-refractivity contribution in [3.05, 3.63) is 38.7 Å². The number of Topliss-reactive ketones (excluding diaryl/α,β-unsaturated/α-hetero) is 1. The molecule has 1 N–H and O–H groups in total. The van der Waals surface area contributed by atoms with E-state index in [1.807, 2.05) is 12.3 Å². The van der Waals surface area contributed by atoms with E-state index in [0.29, 0.717) is 36.3 Å². The van der Waals surface area contributed by atoms with Crippen LogP contribution < -0.4 is 5.32 Å². The number of nitrogens with zero attached hydrogens (tertiary/aromatic N) is 1. The average molecular weight is 318 g/mol. The maximum atomic E-state index is 12.3. The molecule has 1 amide bonds. The van der Waals surface area contributed by atoms with Gasteiger partial charge >= 0.3 is 0 Å². The van der Waals surface area contributed by atoms with Crippen molar-refractivity contribution in [3.8, 4) is 0 Å². The van der Waals surface area contributed by atoms with E-state index in [9.17, 15) is 9.59 Å². The summed E-state index contributed by atoms with van der Waals surface area (Å²) in [5.74, 6) is 0.759. The fraction of sp³-hybridized carbons (Fsp3) is 0.438. The van der Waals surface area contributed by atoms with Crippen LogP contribution in [0.5, 0.6) is 0 Å². The van der Waals surface area contributed by atoms with Crippen LogP contribution in [0, 0.1) is 13.8 Å². The maximum Gasteiger partial charge on any atom is 0.287 e. The highest BCUT2D eigenvalue weighted by molar-refractivity contribution is 7.09. The first kappa shape index (κ1) is 15.0. The quantitative estimate of drug-likeness (QED) is 0.941. The van der Waals surface area contributed by atoms with Gasteiger partial charge in [0.15, 0.2) is 11.5 Å². The van der Waals surface area contributed by atoms with E-state index in [0.717, 1.165) is 23.5 Å². The van der Waals surface area contributed by atoms with Gasteiger partial charge in [0, 0.05) is 36.8 Å². The SMILES string of the molecule is Cc1nc(CCNC(=O)c2oc3c(c2C)C(=O)CCC3)cs1. The number of fused-ring (bicyclic) bond motifs is 1. The van der Waals surface area contributed by atoms with E-state index in [1.54, 1.807) is 18.3 Å². The maximum absolute atomic E-state index is 12.3. The van der Waals surface area contributed by atoms with Crippen LogP contribution in [0.4, 0.5) is 0 Å². The summed E-state index contributed by atoms with van der Waals surface area (Å²) in [6.45, 7) is 4.24. The fourth-order valence-electron chi connectivity index (χ4n) is 2.77. The van der Waals surface area contributed by atoms with Gasteiger partial charge in [-0.2, -0.15) is 0 Å². The van der Waals surface area contributed by atoms with Crippen LogP contribution >= 0.6 is 11.3 Å². The van der Waals surface area contributed by atoms with Crippen LogP contribution in [0.1, 0.15) is 55.8 Å². The zero-order valence-electron chi connectivity index (χ0n) is 12.7. The zero-order chi connectivity index (χ0) is 15.7. The molecule has 0 unspecified atom stereocenters. The van der Waals surface area contributed by atoms with Gasteiger partial charge in [0.05, 0.1) is 16.3 Å². The predicted octanol–water partition coefficient (Wildman–Crippen LogP) is 2.84. The van der Waals surface area contributed by atoms with E-state index in [2.05, 4.69) is 10.3 Å². The molecule has 1 aliphatic rings. The minimum atomic E-state index is -0.258. The molecular formula is C16H18N2O3S. The van der Waals surface area contributed by atoms with Crippen molar-refractivity contribution in [1.29, 1.82) is 0 Å². The Morgan fingerprint density at radius 2 is 2.23 bits per heavy atom. The summed E-state index contributed by atoms with van der Waals surface area (Å²) in [6, 6.07) is 0. The third kappa shape index (κ3) is 2.83. The molecule has 0 bridgehead atoms. The normalized spacial score (nSPS) is 14.0. The Morgan fingerprint density at radius 3 is 2.91 bits per heavy atom. The first-order valence-electron chi connectivity index (χ1n) is 7.41. The number of ketones is 1. The van der Waals surface area contributed by atoms with E-state index in [4.69, 9.17) is 4.42 Å². The molecule has 2 heterocycles. The number of carbonyl (C=O) groups is 2. The Bertz CT molecular complexity index is 730. The fourth-order valence-corrected chi connectivity index (χ4v) is 3.42. The third-order valence-electron chi connectivity index (χ3n) is 3.85. The molecule has 0 fully saturated rings. The first-order valence-corrected chi connectivity index (χ1v) is 8.29. The van der Waals surface area contributed by atoms with Crippen molar-refractivity contribution in [3.63, 3.8) is 0 Å². The summed E-state index contributed by atoms with van der Waals surface area (Å²) >= 11 is 1.60. The number of furan rings is 1. The number of aryl methyl sites for hydroxylation is 2. The highest BCUT2D eigenvalue weighted by Gasteiger charge is 2.28. The largest absolute Gasteiger partial charge is 0.455 e. The highest BCUT2D eigenvalue weighted by atomic mass is 32.1. The molecule has 0 saturated carbocycles.